The second kappa shape index (κ2) is 6.38. The van der Waals surface area contributed by atoms with Crippen LogP contribution < -0.4 is 0 Å². The Morgan fingerprint density at radius 2 is 1.93 bits per heavy atom. The minimum absolute atomic E-state index is 0.179. The van der Waals surface area contributed by atoms with Crippen LogP contribution >= 0.6 is 0 Å². The van der Waals surface area contributed by atoms with Crippen LogP contribution in [0.2, 0.25) is 0 Å². The quantitative estimate of drug-likeness (QED) is 0.697. The Morgan fingerprint density at radius 1 is 1.21 bits per heavy atom. The van der Waals surface area contributed by atoms with Crippen molar-refractivity contribution in [3.05, 3.63) is 0 Å². The van der Waals surface area contributed by atoms with Crippen molar-refractivity contribution in [2.24, 2.45) is 0 Å². The van der Waals surface area contributed by atoms with Gasteiger partial charge in [-0.25, -0.2) is 0 Å². The van der Waals surface area contributed by atoms with Crippen LogP contribution in [0.5, 0.6) is 0 Å². The van der Waals surface area contributed by atoms with Crippen molar-refractivity contribution in [1.29, 1.82) is 0 Å². The highest BCUT2D eigenvalue weighted by atomic mass is 16.3. The molecule has 0 radical (unpaired) electrons. The normalized spacial score (nSPS) is 28.3. The van der Waals surface area contributed by atoms with Crippen LogP contribution in [0.3, 0.4) is 0 Å². The van der Waals surface area contributed by atoms with Crippen LogP contribution in [0, 0.1) is 0 Å². The topological polar surface area (TPSA) is 43.7 Å². The Morgan fingerprint density at radius 3 is 2.50 bits per heavy atom. The van der Waals surface area contributed by atoms with Gasteiger partial charge in [-0.3, -0.25) is 4.90 Å². The molecule has 1 rings (SSSR count). The Bertz CT molecular complexity index is 146. The zero-order valence-corrected chi connectivity index (χ0v) is 9.15. The van der Waals surface area contributed by atoms with Gasteiger partial charge in [-0.2, -0.15) is 0 Å². The number of hydrogen-bond acceptors (Lipinski definition) is 3. The van der Waals surface area contributed by atoms with Crippen LogP contribution in [-0.4, -0.2) is 47.0 Å². The molecule has 1 saturated carbocycles. The highest BCUT2D eigenvalue weighted by Crippen LogP contribution is 2.23. The van der Waals surface area contributed by atoms with Gasteiger partial charge in [0.2, 0.25) is 0 Å². The Kier molecular flexibility index (Phi) is 5.45. The summed E-state index contributed by atoms with van der Waals surface area (Å²) < 4.78 is 0. The number of rotatable bonds is 5. The zero-order chi connectivity index (χ0) is 10.4. The predicted octanol–water partition coefficient (Wildman–Crippen LogP) is 0.994. The first-order valence-corrected chi connectivity index (χ1v) is 5.82. The average molecular weight is 201 g/mol. The minimum Gasteiger partial charge on any atom is -0.395 e. The average Bonchev–Trinajstić information content (AvgIpc) is 2.18. The van der Waals surface area contributed by atoms with Gasteiger partial charge in [0, 0.05) is 12.6 Å². The number of nitrogens with zero attached hydrogens (tertiary/aromatic N) is 1. The van der Waals surface area contributed by atoms with E-state index in [-0.39, 0.29) is 18.8 Å². The highest BCUT2D eigenvalue weighted by Gasteiger charge is 2.27. The molecule has 0 bridgehead atoms. The predicted molar refractivity (Wildman–Crippen MR) is 57.2 cm³/mol. The van der Waals surface area contributed by atoms with Crippen molar-refractivity contribution >= 4 is 0 Å². The van der Waals surface area contributed by atoms with E-state index in [4.69, 9.17) is 5.11 Å². The number of aliphatic hydroxyl groups is 2. The van der Waals surface area contributed by atoms with Crippen molar-refractivity contribution in [2.75, 3.05) is 19.7 Å². The number of aliphatic hydroxyl groups excluding tert-OH is 2. The summed E-state index contributed by atoms with van der Waals surface area (Å²) in [7, 11) is 0. The second-order valence-corrected chi connectivity index (χ2v) is 4.18. The lowest BCUT2D eigenvalue weighted by Gasteiger charge is -2.37. The summed E-state index contributed by atoms with van der Waals surface area (Å²) >= 11 is 0. The molecule has 0 amide bonds. The van der Waals surface area contributed by atoms with Crippen LogP contribution in [-0.2, 0) is 0 Å². The van der Waals surface area contributed by atoms with Crippen molar-refractivity contribution < 1.29 is 10.2 Å². The molecule has 3 heteroatoms. The Labute approximate surface area is 86.7 Å². The maximum Gasteiger partial charge on any atom is 0.0695 e. The first-order chi connectivity index (χ1) is 6.79. The zero-order valence-electron chi connectivity index (χ0n) is 9.15. The third-order valence-corrected chi connectivity index (χ3v) is 3.06. The SMILES string of the molecule is CCCN(CCO)[C@@H]1CCCC[C@H]1O. The van der Waals surface area contributed by atoms with E-state index in [0.29, 0.717) is 6.54 Å². The molecule has 14 heavy (non-hydrogen) atoms. The molecule has 0 aromatic carbocycles. The maximum absolute atomic E-state index is 9.87. The fourth-order valence-corrected chi connectivity index (χ4v) is 2.38. The molecule has 0 heterocycles. The van der Waals surface area contributed by atoms with E-state index in [1.54, 1.807) is 0 Å². The van der Waals surface area contributed by atoms with Gasteiger partial charge in [-0.1, -0.05) is 19.8 Å². The Balaban J connectivity index is 2.46. The molecule has 0 saturated heterocycles. The molecular formula is C11H23NO2. The highest BCUT2D eigenvalue weighted by molar-refractivity contribution is 4.82. The molecule has 1 aliphatic rings. The summed E-state index contributed by atoms with van der Waals surface area (Å²) in [5, 5.41) is 18.8. The van der Waals surface area contributed by atoms with E-state index in [0.717, 1.165) is 32.2 Å². The standard InChI is InChI=1S/C11H23NO2/c1-2-7-12(8-9-13)10-5-3-4-6-11(10)14/h10-11,13-14H,2-9H2,1H3/t10-,11-/m1/s1. The van der Waals surface area contributed by atoms with Gasteiger partial charge >= 0.3 is 0 Å². The van der Waals surface area contributed by atoms with Gasteiger partial charge < -0.3 is 10.2 Å². The maximum atomic E-state index is 9.87. The van der Waals surface area contributed by atoms with Gasteiger partial charge in [0.1, 0.15) is 0 Å². The van der Waals surface area contributed by atoms with E-state index < -0.39 is 0 Å². The lowest BCUT2D eigenvalue weighted by Crippen LogP contribution is -2.46. The van der Waals surface area contributed by atoms with Gasteiger partial charge in [0.05, 0.1) is 12.7 Å². The fourth-order valence-electron chi connectivity index (χ4n) is 2.38. The molecule has 0 unspecified atom stereocenters. The third-order valence-electron chi connectivity index (χ3n) is 3.06. The molecule has 3 nitrogen and oxygen atoms in total. The van der Waals surface area contributed by atoms with Crippen molar-refractivity contribution in [1.82, 2.24) is 4.90 Å². The minimum atomic E-state index is -0.179. The van der Waals surface area contributed by atoms with Gasteiger partial charge in [-0.05, 0) is 25.8 Å². The largest absolute Gasteiger partial charge is 0.395 e. The monoisotopic (exact) mass is 201 g/mol. The van der Waals surface area contributed by atoms with Crippen LogP contribution in [0.4, 0.5) is 0 Å². The second-order valence-electron chi connectivity index (χ2n) is 4.18. The van der Waals surface area contributed by atoms with Crippen molar-refractivity contribution in [2.45, 2.75) is 51.2 Å². The van der Waals surface area contributed by atoms with E-state index >= 15 is 0 Å². The molecule has 0 aliphatic heterocycles. The van der Waals surface area contributed by atoms with Crippen LogP contribution in [0.1, 0.15) is 39.0 Å². The summed E-state index contributed by atoms with van der Waals surface area (Å²) in [5.74, 6) is 0. The molecule has 0 aromatic rings. The van der Waals surface area contributed by atoms with Crippen molar-refractivity contribution in [3.63, 3.8) is 0 Å². The van der Waals surface area contributed by atoms with E-state index in [9.17, 15) is 5.11 Å². The van der Waals surface area contributed by atoms with Gasteiger partial charge in [-0.15, -0.1) is 0 Å². The summed E-state index contributed by atoms with van der Waals surface area (Å²) in [6.45, 7) is 4.03. The van der Waals surface area contributed by atoms with E-state index in [1.165, 1.54) is 6.42 Å². The first-order valence-electron chi connectivity index (χ1n) is 5.82. The molecule has 1 fully saturated rings. The molecule has 0 spiro atoms. The molecule has 1 aliphatic carbocycles. The first kappa shape index (κ1) is 12.0. The summed E-state index contributed by atoms with van der Waals surface area (Å²) in [6.07, 6.45) is 5.28. The van der Waals surface area contributed by atoms with Crippen molar-refractivity contribution in [3.8, 4) is 0 Å². The molecular weight excluding hydrogens is 178 g/mol. The summed E-state index contributed by atoms with van der Waals surface area (Å²) in [5.41, 5.74) is 0. The van der Waals surface area contributed by atoms with Gasteiger partial charge in [0.15, 0.2) is 0 Å². The van der Waals surface area contributed by atoms with Crippen LogP contribution in [0.15, 0.2) is 0 Å². The molecule has 84 valence electrons. The smallest absolute Gasteiger partial charge is 0.0695 e. The molecule has 0 aromatic heterocycles. The summed E-state index contributed by atoms with van der Waals surface area (Å²) in [6, 6.07) is 0.288. The summed E-state index contributed by atoms with van der Waals surface area (Å²) in [4.78, 5) is 2.24. The lowest BCUT2D eigenvalue weighted by molar-refractivity contribution is 0.0128. The van der Waals surface area contributed by atoms with E-state index in [1.807, 2.05) is 0 Å². The van der Waals surface area contributed by atoms with Gasteiger partial charge in [0.25, 0.3) is 0 Å². The lowest BCUT2D eigenvalue weighted by atomic mass is 9.91. The molecule has 2 N–H and O–H groups in total. The third kappa shape index (κ3) is 3.23. The molecule has 2 atom stereocenters. The number of hydrogen-bond donors (Lipinski definition) is 2. The van der Waals surface area contributed by atoms with Crippen LogP contribution in [0.25, 0.3) is 0 Å². The Hall–Kier alpha value is -0.120. The fraction of sp³-hybridized carbons (Fsp3) is 1.00. The van der Waals surface area contributed by atoms with E-state index in [2.05, 4.69) is 11.8 Å².